The van der Waals surface area contributed by atoms with Gasteiger partial charge in [0.1, 0.15) is 12.2 Å². The number of fused-ring (bicyclic) bond motifs is 6. The van der Waals surface area contributed by atoms with Crippen molar-refractivity contribution in [2.24, 2.45) is 11.8 Å². The fraction of sp³-hybridized carbons (Fsp3) is 0.592. The average Bonchev–Trinajstić information content (AvgIpc) is 3.28. The first kappa shape index (κ1) is 49.0. The molecule has 7 rings (SSSR count). The molecule has 0 bridgehead atoms. The van der Waals surface area contributed by atoms with E-state index in [-0.39, 0.29) is 66.2 Å². The zero-order valence-corrected chi connectivity index (χ0v) is 39.4. The van der Waals surface area contributed by atoms with Gasteiger partial charge in [-0.1, -0.05) is 30.5 Å². The van der Waals surface area contributed by atoms with E-state index in [0.717, 1.165) is 93.9 Å². The van der Waals surface area contributed by atoms with E-state index in [2.05, 4.69) is 34.1 Å². The van der Waals surface area contributed by atoms with Crippen molar-refractivity contribution in [2.75, 3.05) is 67.9 Å². The molecule has 4 aliphatic heterocycles. The first-order chi connectivity index (χ1) is 30.8. The number of piperidine rings is 2. The lowest BCUT2D eigenvalue weighted by atomic mass is 9.80. The highest BCUT2D eigenvalue weighted by Gasteiger charge is 2.42. The molecule has 352 valence electrons. The van der Waals surface area contributed by atoms with Gasteiger partial charge in [0, 0.05) is 76.8 Å². The molecular formula is C49H67FN2O11S. The number of alkyl halides is 1. The van der Waals surface area contributed by atoms with Gasteiger partial charge in [0.15, 0.2) is 23.0 Å². The minimum atomic E-state index is -3.76. The van der Waals surface area contributed by atoms with Crippen molar-refractivity contribution in [2.45, 2.75) is 114 Å². The zero-order valence-electron chi connectivity index (χ0n) is 38.6. The number of rotatable bonds is 17. The number of esters is 2. The molecule has 4 heterocycles. The molecule has 0 aromatic heterocycles. The normalized spacial score (nSPS) is 22.9. The topological polar surface area (TPSA) is 139 Å². The van der Waals surface area contributed by atoms with E-state index in [1.54, 1.807) is 52.7 Å². The number of hydrogen-bond donors (Lipinski definition) is 0. The summed E-state index contributed by atoms with van der Waals surface area (Å²) in [6, 6.07) is 15.2. The van der Waals surface area contributed by atoms with Gasteiger partial charge >= 0.3 is 11.9 Å². The highest BCUT2D eigenvalue weighted by molar-refractivity contribution is 7.86. The Morgan fingerprint density at radius 3 is 1.52 bits per heavy atom. The minimum Gasteiger partial charge on any atom is -0.493 e. The van der Waals surface area contributed by atoms with Crippen molar-refractivity contribution in [3.63, 3.8) is 0 Å². The van der Waals surface area contributed by atoms with Crippen LogP contribution in [0.1, 0.15) is 105 Å². The van der Waals surface area contributed by atoms with Gasteiger partial charge in [-0.2, -0.15) is 8.42 Å². The van der Waals surface area contributed by atoms with Crippen molar-refractivity contribution < 1.29 is 55.0 Å². The van der Waals surface area contributed by atoms with Crippen LogP contribution in [-0.4, -0.2) is 110 Å². The Labute approximate surface area is 378 Å². The van der Waals surface area contributed by atoms with Crippen LogP contribution >= 0.6 is 0 Å². The molecule has 0 spiro atoms. The molecule has 4 aliphatic rings. The first-order valence-electron chi connectivity index (χ1n) is 22.6. The quantitative estimate of drug-likeness (QED) is 0.0733. The van der Waals surface area contributed by atoms with Crippen LogP contribution in [-0.2, 0) is 46.2 Å². The standard InChI is InChI=1S/C28H37NO7S.C21H30FNO4/c1-19-8-10-23(11-9-19)37(31,32)35-14-6-5-7-22-18-29-13-12-21-15-27(33-3)28(34-4)16-24(21)25(29)17-26(22)36-20(2)30;1-14(24)27-19-12-18-17-11-21(26-3)20(25-2)10-15(17)7-9-23(18)13-16(19)6-4-5-8-22/h8-11,15-16,22,25-26H,5-7,12-14,17-18H2,1-4H3;10-11,16,18-19H,4-9,12-13H2,1-3H3/t22-,25-,26-;16-,18-,19-/m11/s1/i;22-1. The van der Waals surface area contributed by atoms with Gasteiger partial charge in [0.25, 0.3) is 10.1 Å². The van der Waals surface area contributed by atoms with Crippen LogP contribution in [0.15, 0.2) is 53.4 Å². The molecule has 2 fully saturated rings. The minimum absolute atomic E-state index is 0.123. The van der Waals surface area contributed by atoms with E-state index in [1.807, 2.05) is 6.92 Å². The Morgan fingerprint density at radius 2 is 1.09 bits per heavy atom. The third kappa shape index (κ3) is 12.1. The highest BCUT2D eigenvalue weighted by Crippen LogP contribution is 2.46. The van der Waals surface area contributed by atoms with E-state index in [9.17, 15) is 22.4 Å². The number of carbonyl (C=O) groups is 2. The van der Waals surface area contributed by atoms with Gasteiger partial charge in [0.05, 0.1) is 46.6 Å². The summed E-state index contributed by atoms with van der Waals surface area (Å²) in [5.41, 5.74) is 5.94. The van der Waals surface area contributed by atoms with E-state index in [1.165, 1.54) is 36.1 Å². The predicted octanol–water partition coefficient (Wildman–Crippen LogP) is 8.13. The molecule has 15 heteroatoms. The highest BCUT2D eigenvalue weighted by atomic mass is 32.2. The zero-order chi connectivity index (χ0) is 46.0. The van der Waals surface area contributed by atoms with Crippen molar-refractivity contribution in [1.29, 1.82) is 0 Å². The number of carbonyl (C=O) groups excluding carboxylic acids is 2. The molecule has 3 aromatic rings. The summed E-state index contributed by atoms with van der Waals surface area (Å²) in [7, 11) is 2.82. The van der Waals surface area contributed by atoms with E-state index >= 15 is 0 Å². The van der Waals surface area contributed by atoms with Crippen LogP contribution in [0.4, 0.5) is 4.39 Å². The summed E-state index contributed by atoms with van der Waals surface area (Å²) < 4.78 is 76.1. The monoisotopic (exact) mass is 909 g/mol. The Bertz CT molecular complexity index is 2150. The SMILES string of the molecule is COc1cc2c(cc1OC)[C@H]1C[C@@H](OC(C)=O)[C@H](CCCCOS(=O)(=O)c3ccc(C)cc3)CN1CC2.COc1cc2c(cc1OC)[C@H]1C[C@@H](OC(C)=O)[C@H](CCCC[18F])CN1CC2. The average molecular weight is 910 g/mol. The van der Waals surface area contributed by atoms with Gasteiger partial charge in [-0.05, 0) is 104 Å². The Hall–Kier alpha value is -4.44. The van der Waals surface area contributed by atoms with Crippen LogP contribution in [0.3, 0.4) is 0 Å². The van der Waals surface area contributed by atoms with Crippen LogP contribution in [0.25, 0.3) is 0 Å². The summed E-state index contributed by atoms with van der Waals surface area (Å²) in [5.74, 6) is 2.83. The summed E-state index contributed by atoms with van der Waals surface area (Å²) in [5, 5.41) is 0. The second-order valence-corrected chi connectivity index (χ2v) is 19.0. The molecule has 0 unspecified atom stereocenters. The summed E-state index contributed by atoms with van der Waals surface area (Å²) in [4.78, 5) is 28.7. The lowest BCUT2D eigenvalue weighted by Gasteiger charge is -2.46. The van der Waals surface area contributed by atoms with Gasteiger partial charge in [-0.15, -0.1) is 0 Å². The molecule has 0 radical (unpaired) electrons. The van der Waals surface area contributed by atoms with Gasteiger partial charge in [-0.25, -0.2) is 0 Å². The van der Waals surface area contributed by atoms with Gasteiger partial charge in [0.2, 0.25) is 0 Å². The van der Waals surface area contributed by atoms with E-state index < -0.39 is 10.1 Å². The second kappa shape index (κ2) is 22.6. The van der Waals surface area contributed by atoms with Gasteiger partial charge < -0.3 is 28.4 Å². The molecule has 0 saturated carbocycles. The lowest BCUT2D eigenvalue weighted by molar-refractivity contribution is -0.155. The maximum Gasteiger partial charge on any atom is 0.302 e. The number of nitrogens with zero attached hydrogens (tertiary/aromatic N) is 2. The van der Waals surface area contributed by atoms with Gasteiger partial charge in [-0.3, -0.25) is 28.0 Å². The molecule has 64 heavy (non-hydrogen) atoms. The van der Waals surface area contributed by atoms with Crippen molar-refractivity contribution in [3.8, 4) is 23.0 Å². The fourth-order valence-corrected chi connectivity index (χ4v) is 11.0. The smallest absolute Gasteiger partial charge is 0.302 e. The maximum absolute atomic E-state index is 12.5. The third-order valence-electron chi connectivity index (χ3n) is 13.2. The summed E-state index contributed by atoms with van der Waals surface area (Å²) >= 11 is 0. The number of ether oxygens (including phenoxy) is 6. The molecule has 6 atom stereocenters. The maximum atomic E-state index is 12.5. The predicted molar refractivity (Wildman–Crippen MR) is 240 cm³/mol. The molecule has 0 amide bonds. The van der Waals surface area contributed by atoms with Crippen molar-refractivity contribution >= 4 is 22.1 Å². The van der Waals surface area contributed by atoms with Crippen LogP contribution in [0.5, 0.6) is 23.0 Å². The second-order valence-electron chi connectivity index (χ2n) is 17.4. The van der Waals surface area contributed by atoms with E-state index in [0.29, 0.717) is 25.0 Å². The molecular weight excluding hydrogens is 843 g/mol. The molecule has 13 nitrogen and oxygen atoms in total. The molecule has 0 aliphatic carbocycles. The summed E-state index contributed by atoms with van der Waals surface area (Å²) in [6.07, 6.45) is 7.56. The Balaban J connectivity index is 0.000000223. The summed E-state index contributed by atoms with van der Waals surface area (Å²) in [6.45, 7) is 8.26. The van der Waals surface area contributed by atoms with Crippen molar-refractivity contribution in [1.82, 2.24) is 9.80 Å². The number of methoxy groups -OCH3 is 4. The fourth-order valence-electron chi connectivity index (χ4n) is 10.0. The van der Waals surface area contributed by atoms with Crippen LogP contribution < -0.4 is 18.9 Å². The third-order valence-corrected chi connectivity index (χ3v) is 14.6. The Kier molecular flexibility index (Phi) is 17.3. The number of hydrogen-bond acceptors (Lipinski definition) is 13. The number of unbranched alkanes of at least 4 members (excludes halogenated alkanes) is 2. The molecule has 2 saturated heterocycles. The molecule has 0 N–H and O–H groups in total. The molecule has 3 aromatic carbocycles. The number of halogens is 1. The Morgan fingerprint density at radius 1 is 0.656 bits per heavy atom. The number of aryl methyl sites for hydroxylation is 1. The van der Waals surface area contributed by atoms with Crippen LogP contribution in [0.2, 0.25) is 0 Å². The number of benzene rings is 3. The van der Waals surface area contributed by atoms with Crippen molar-refractivity contribution in [3.05, 3.63) is 76.3 Å². The lowest BCUT2D eigenvalue weighted by Crippen LogP contribution is -2.49. The van der Waals surface area contributed by atoms with Crippen LogP contribution in [0, 0.1) is 18.8 Å². The largest absolute Gasteiger partial charge is 0.493 e. The van der Waals surface area contributed by atoms with E-state index in [4.69, 9.17) is 32.6 Å². The first-order valence-corrected chi connectivity index (χ1v) is 24.0.